The summed E-state index contributed by atoms with van der Waals surface area (Å²) < 4.78 is 30.9. The van der Waals surface area contributed by atoms with Gasteiger partial charge >= 0.3 is 5.97 Å². The van der Waals surface area contributed by atoms with Gasteiger partial charge in [0.15, 0.2) is 0 Å². The molecule has 0 aliphatic heterocycles. The Bertz CT molecular complexity index is 340. The fourth-order valence-corrected chi connectivity index (χ4v) is 1.98. The number of amides is 1. The lowest BCUT2D eigenvalue weighted by Gasteiger charge is -2.27. The van der Waals surface area contributed by atoms with E-state index in [9.17, 15) is 18.4 Å². The van der Waals surface area contributed by atoms with Crippen LogP contribution in [0.25, 0.3) is 0 Å². The molecular weight excluding hydrogens is 256 g/mol. The second kappa shape index (κ2) is 5.84. The van der Waals surface area contributed by atoms with Crippen LogP contribution in [0, 0.1) is 5.92 Å². The van der Waals surface area contributed by atoms with Crippen molar-refractivity contribution in [3.8, 4) is 0 Å². The van der Waals surface area contributed by atoms with Crippen LogP contribution in [0.15, 0.2) is 0 Å². The summed E-state index contributed by atoms with van der Waals surface area (Å²) in [6.45, 7) is 4.98. The van der Waals surface area contributed by atoms with Gasteiger partial charge in [0.05, 0.1) is 0 Å². The first-order valence-corrected chi connectivity index (χ1v) is 6.46. The predicted molar refractivity (Wildman–Crippen MR) is 65.8 cm³/mol. The first-order chi connectivity index (χ1) is 8.59. The largest absolute Gasteiger partial charge is 0.459 e. The highest BCUT2D eigenvalue weighted by molar-refractivity contribution is 5.83. The van der Waals surface area contributed by atoms with E-state index in [0.717, 1.165) is 0 Å². The van der Waals surface area contributed by atoms with Crippen LogP contribution in [0.1, 0.15) is 46.5 Å². The Balaban J connectivity index is 2.31. The van der Waals surface area contributed by atoms with Crippen molar-refractivity contribution in [3.05, 3.63) is 0 Å². The van der Waals surface area contributed by atoms with Crippen LogP contribution in [-0.4, -0.2) is 29.9 Å². The highest BCUT2D eigenvalue weighted by Crippen LogP contribution is 2.36. The third kappa shape index (κ3) is 5.98. The van der Waals surface area contributed by atoms with Gasteiger partial charge in [-0.25, -0.2) is 8.78 Å². The minimum atomic E-state index is -2.65. The highest BCUT2D eigenvalue weighted by Gasteiger charge is 2.37. The second-order valence-electron chi connectivity index (χ2n) is 5.93. The first-order valence-electron chi connectivity index (χ1n) is 6.46. The van der Waals surface area contributed by atoms with E-state index in [-0.39, 0.29) is 38.1 Å². The van der Waals surface area contributed by atoms with Gasteiger partial charge in [-0.05, 0) is 33.6 Å². The maximum atomic E-state index is 12.9. The zero-order valence-electron chi connectivity index (χ0n) is 11.6. The number of hydrogen-bond donors (Lipinski definition) is 1. The summed E-state index contributed by atoms with van der Waals surface area (Å²) in [5, 5.41) is 2.44. The van der Waals surface area contributed by atoms with Gasteiger partial charge in [-0.15, -0.1) is 0 Å². The summed E-state index contributed by atoms with van der Waals surface area (Å²) in [7, 11) is 0. The van der Waals surface area contributed by atoms with E-state index in [4.69, 9.17) is 4.74 Å². The predicted octanol–water partition coefficient (Wildman–Crippen LogP) is 2.27. The molecule has 1 aliphatic carbocycles. The van der Waals surface area contributed by atoms with Crippen LogP contribution < -0.4 is 5.32 Å². The van der Waals surface area contributed by atoms with E-state index in [0.29, 0.717) is 0 Å². The number of carbonyl (C=O) groups is 2. The van der Waals surface area contributed by atoms with Crippen LogP contribution in [0.2, 0.25) is 0 Å². The lowest BCUT2D eigenvalue weighted by Crippen LogP contribution is -2.40. The third-order valence-corrected chi connectivity index (χ3v) is 2.91. The molecule has 19 heavy (non-hydrogen) atoms. The number of esters is 1. The van der Waals surface area contributed by atoms with Crippen LogP contribution in [-0.2, 0) is 14.3 Å². The summed E-state index contributed by atoms with van der Waals surface area (Å²) >= 11 is 0. The topological polar surface area (TPSA) is 55.4 Å². The number of hydrogen-bond acceptors (Lipinski definition) is 3. The molecule has 0 saturated heterocycles. The van der Waals surface area contributed by atoms with Gasteiger partial charge in [-0.1, -0.05) is 0 Å². The lowest BCUT2D eigenvalue weighted by atomic mass is 9.86. The molecule has 4 nitrogen and oxygen atoms in total. The van der Waals surface area contributed by atoms with Crippen molar-refractivity contribution in [2.24, 2.45) is 5.92 Å². The summed E-state index contributed by atoms with van der Waals surface area (Å²) in [5.74, 6) is -3.95. The maximum absolute atomic E-state index is 12.9. The monoisotopic (exact) mass is 277 g/mol. The van der Waals surface area contributed by atoms with E-state index in [1.54, 1.807) is 20.8 Å². The molecule has 1 amide bonds. The van der Waals surface area contributed by atoms with Gasteiger partial charge in [-0.2, -0.15) is 0 Å². The lowest BCUT2D eigenvalue weighted by molar-refractivity contribution is -0.155. The fraction of sp³-hybridized carbons (Fsp3) is 0.846. The molecule has 110 valence electrons. The third-order valence-electron chi connectivity index (χ3n) is 2.91. The van der Waals surface area contributed by atoms with E-state index in [2.05, 4.69) is 5.32 Å². The van der Waals surface area contributed by atoms with Crippen molar-refractivity contribution in [3.63, 3.8) is 0 Å². The van der Waals surface area contributed by atoms with Crippen molar-refractivity contribution in [1.82, 2.24) is 5.32 Å². The number of alkyl halides is 2. The van der Waals surface area contributed by atoms with Gasteiger partial charge < -0.3 is 10.1 Å². The van der Waals surface area contributed by atoms with Crippen LogP contribution in [0.4, 0.5) is 8.78 Å². The molecular formula is C13H21F2NO3. The van der Waals surface area contributed by atoms with Crippen LogP contribution in [0.3, 0.4) is 0 Å². The summed E-state index contributed by atoms with van der Waals surface area (Å²) in [6.07, 6.45) is -0.213. The zero-order chi connectivity index (χ0) is 14.7. The average Bonchev–Trinajstić information content (AvgIpc) is 2.23. The van der Waals surface area contributed by atoms with Gasteiger partial charge in [-0.3, -0.25) is 9.59 Å². The summed E-state index contributed by atoms with van der Waals surface area (Å²) in [5.41, 5.74) is -0.602. The quantitative estimate of drug-likeness (QED) is 0.805. The molecule has 0 spiro atoms. The first kappa shape index (κ1) is 15.9. The summed E-state index contributed by atoms with van der Waals surface area (Å²) in [4.78, 5) is 23.1. The number of ether oxygens (including phenoxy) is 1. The molecule has 1 saturated carbocycles. The molecule has 6 heteroatoms. The van der Waals surface area contributed by atoms with E-state index < -0.39 is 23.4 Å². The van der Waals surface area contributed by atoms with E-state index >= 15 is 0 Å². The van der Waals surface area contributed by atoms with E-state index in [1.807, 2.05) is 0 Å². The SMILES string of the molecule is CC(C)(C)OC(=O)CNC(=O)C1CCC(F)(F)CC1. The number of halogens is 2. The Kier molecular flexibility index (Phi) is 4.87. The van der Waals surface area contributed by atoms with Crippen molar-refractivity contribution < 1.29 is 23.1 Å². The molecule has 1 rings (SSSR count). The average molecular weight is 277 g/mol. The van der Waals surface area contributed by atoms with Crippen LogP contribution in [0.5, 0.6) is 0 Å². The molecule has 0 heterocycles. The van der Waals surface area contributed by atoms with Gasteiger partial charge in [0.2, 0.25) is 11.8 Å². The maximum Gasteiger partial charge on any atom is 0.325 e. The van der Waals surface area contributed by atoms with Crippen molar-refractivity contribution in [2.45, 2.75) is 58.0 Å². The molecule has 0 bridgehead atoms. The molecule has 1 N–H and O–H groups in total. The smallest absolute Gasteiger partial charge is 0.325 e. The van der Waals surface area contributed by atoms with Gasteiger partial charge in [0.25, 0.3) is 0 Å². The zero-order valence-corrected chi connectivity index (χ0v) is 11.6. The standard InChI is InChI=1S/C13H21F2NO3/c1-12(2,3)19-10(17)8-16-11(18)9-4-6-13(14,15)7-5-9/h9H,4-8H2,1-3H3,(H,16,18). The van der Waals surface area contributed by atoms with Crippen molar-refractivity contribution in [1.29, 1.82) is 0 Å². The molecule has 0 unspecified atom stereocenters. The molecule has 0 atom stereocenters. The molecule has 1 fully saturated rings. The molecule has 0 aromatic carbocycles. The Morgan fingerprint density at radius 1 is 1.26 bits per heavy atom. The minimum Gasteiger partial charge on any atom is -0.459 e. The molecule has 0 radical (unpaired) electrons. The number of rotatable bonds is 3. The van der Waals surface area contributed by atoms with Gasteiger partial charge in [0, 0.05) is 18.8 Å². The van der Waals surface area contributed by atoms with Gasteiger partial charge in [0.1, 0.15) is 12.1 Å². The van der Waals surface area contributed by atoms with Crippen molar-refractivity contribution >= 4 is 11.9 Å². The number of carbonyl (C=O) groups excluding carboxylic acids is 2. The van der Waals surface area contributed by atoms with Crippen molar-refractivity contribution in [2.75, 3.05) is 6.54 Å². The molecule has 1 aliphatic rings. The molecule has 0 aromatic heterocycles. The Labute approximate surface area is 111 Å². The van der Waals surface area contributed by atoms with E-state index in [1.165, 1.54) is 0 Å². The number of nitrogens with one attached hydrogen (secondary N) is 1. The Morgan fingerprint density at radius 3 is 2.26 bits per heavy atom. The Morgan fingerprint density at radius 2 is 1.79 bits per heavy atom. The normalized spacial score (nSPS) is 19.8. The Hall–Kier alpha value is -1.20. The highest BCUT2D eigenvalue weighted by atomic mass is 19.3. The fourth-order valence-electron chi connectivity index (χ4n) is 1.98. The minimum absolute atomic E-state index is 0.160. The molecule has 0 aromatic rings. The second-order valence-corrected chi connectivity index (χ2v) is 5.93. The summed E-state index contributed by atoms with van der Waals surface area (Å²) in [6, 6.07) is 0. The van der Waals surface area contributed by atoms with Crippen LogP contribution >= 0.6 is 0 Å².